The summed E-state index contributed by atoms with van der Waals surface area (Å²) in [5.41, 5.74) is 0.733. The van der Waals surface area contributed by atoms with Crippen molar-refractivity contribution in [2.75, 3.05) is 0 Å². The number of aliphatic carboxylic acids is 2. The van der Waals surface area contributed by atoms with Gasteiger partial charge in [0.15, 0.2) is 0 Å². The summed E-state index contributed by atoms with van der Waals surface area (Å²) in [4.78, 5) is 21.0. The van der Waals surface area contributed by atoms with E-state index in [0.717, 1.165) is 0 Å². The van der Waals surface area contributed by atoms with Crippen LogP contribution < -0.4 is 0 Å². The summed E-state index contributed by atoms with van der Waals surface area (Å²) in [6.45, 7) is 3.32. The first-order chi connectivity index (χ1) is 6.52. The summed E-state index contributed by atoms with van der Waals surface area (Å²) in [5, 5.41) is 17.2. The average molecular weight is 198 g/mol. The largest absolute Gasteiger partial charge is 0.481 e. The van der Waals surface area contributed by atoms with Crippen molar-refractivity contribution in [1.82, 2.24) is 0 Å². The first-order valence-electron chi connectivity index (χ1n) is 4.29. The molecule has 0 aromatic rings. The first-order valence-corrected chi connectivity index (χ1v) is 4.29. The van der Waals surface area contributed by atoms with E-state index in [1.54, 1.807) is 19.9 Å². The second-order valence-electron chi connectivity index (χ2n) is 2.72. The highest BCUT2D eigenvalue weighted by Gasteiger charge is 2.12. The minimum absolute atomic E-state index is 0.0513. The number of carbonyl (C=O) groups is 2. The van der Waals surface area contributed by atoms with Gasteiger partial charge in [0.25, 0.3) is 0 Å². The van der Waals surface area contributed by atoms with Crippen molar-refractivity contribution in [3.05, 3.63) is 23.3 Å². The Labute approximate surface area is 82.6 Å². The predicted molar refractivity (Wildman–Crippen MR) is 52.0 cm³/mol. The standard InChI is InChI=1S/C10H14O4/c1-3-7(5-6-9(11)12)8(4-2)10(13)14/h3-4H,5-6H2,1-2H3,(H,11,12)(H,13,14). The summed E-state index contributed by atoms with van der Waals surface area (Å²) >= 11 is 0. The van der Waals surface area contributed by atoms with Crippen LogP contribution >= 0.6 is 0 Å². The van der Waals surface area contributed by atoms with E-state index in [4.69, 9.17) is 10.2 Å². The SMILES string of the molecule is CC=C(CCC(=O)O)C(=CC)C(=O)O. The van der Waals surface area contributed by atoms with Crippen LogP contribution in [-0.4, -0.2) is 22.2 Å². The van der Waals surface area contributed by atoms with Crippen molar-refractivity contribution in [2.24, 2.45) is 0 Å². The van der Waals surface area contributed by atoms with Crippen LogP contribution in [0.4, 0.5) is 0 Å². The number of carboxylic acid groups (broad SMARTS) is 2. The minimum atomic E-state index is -1.02. The molecule has 0 rings (SSSR count). The zero-order valence-corrected chi connectivity index (χ0v) is 8.28. The van der Waals surface area contributed by atoms with Gasteiger partial charge in [-0.05, 0) is 25.8 Å². The van der Waals surface area contributed by atoms with Gasteiger partial charge in [-0.1, -0.05) is 12.2 Å². The smallest absolute Gasteiger partial charge is 0.335 e. The molecule has 0 aromatic carbocycles. The zero-order valence-electron chi connectivity index (χ0n) is 8.28. The topological polar surface area (TPSA) is 74.6 Å². The van der Waals surface area contributed by atoms with Gasteiger partial charge in [-0.3, -0.25) is 4.79 Å². The molecule has 0 unspecified atom stereocenters. The highest BCUT2D eigenvalue weighted by molar-refractivity contribution is 5.91. The number of carboxylic acids is 2. The van der Waals surface area contributed by atoms with Gasteiger partial charge in [-0.15, -0.1) is 0 Å². The van der Waals surface area contributed by atoms with E-state index in [0.29, 0.717) is 5.57 Å². The molecular weight excluding hydrogens is 184 g/mol. The van der Waals surface area contributed by atoms with Crippen molar-refractivity contribution < 1.29 is 19.8 Å². The van der Waals surface area contributed by atoms with Crippen LogP contribution in [0.1, 0.15) is 26.7 Å². The third kappa shape index (κ3) is 3.89. The van der Waals surface area contributed by atoms with Gasteiger partial charge in [-0.25, -0.2) is 4.79 Å². The maximum atomic E-state index is 10.7. The van der Waals surface area contributed by atoms with Gasteiger partial charge in [0, 0.05) is 6.42 Å². The van der Waals surface area contributed by atoms with Crippen LogP contribution in [0.2, 0.25) is 0 Å². The molecule has 2 N–H and O–H groups in total. The third-order valence-corrected chi connectivity index (χ3v) is 1.82. The van der Waals surface area contributed by atoms with Crippen molar-refractivity contribution in [2.45, 2.75) is 26.7 Å². The molecule has 0 heterocycles. The molecule has 4 nitrogen and oxygen atoms in total. The van der Waals surface area contributed by atoms with Crippen LogP contribution in [0.3, 0.4) is 0 Å². The highest BCUT2D eigenvalue weighted by atomic mass is 16.4. The Kier molecular flexibility index (Phi) is 5.29. The van der Waals surface area contributed by atoms with Crippen molar-refractivity contribution >= 4 is 11.9 Å². The molecular formula is C10H14O4. The van der Waals surface area contributed by atoms with E-state index in [2.05, 4.69) is 0 Å². The van der Waals surface area contributed by atoms with Crippen molar-refractivity contribution in [1.29, 1.82) is 0 Å². The molecule has 0 fully saturated rings. The number of rotatable bonds is 5. The Hall–Kier alpha value is -1.58. The Bertz CT molecular complexity index is 286. The van der Waals surface area contributed by atoms with E-state index < -0.39 is 11.9 Å². The molecule has 0 atom stereocenters. The highest BCUT2D eigenvalue weighted by Crippen LogP contribution is 2.16. The second kappa shape index (κ2) is 5.96. The molecule has 0 radical (unpaired) electrons. The minimum Gasteiger partial charge on any atom is -0.481 e. The third-order valence-electron chi connectivity index (χ3n) is 1.82. The molecule has 4 heteroatoms. The maximum Gasteiger partial charge on any atom is 0.335 e. The van der Waals surface area contributed by atoms with Gasteiger partial charge in [0.2, 0.25) is 0 Å². The molecule has 0 aliphatic heterocycles. The molecule has 0 saturated heterocycles. The lowest BCUT2D eigenvalue weighted by atomic mass is 10.0. The Morgan fingerprint density at radius 3 is 1.93 bits per heavy atom. The Morgan fingerprint density at radius 2 is 1.64 bits per heavy atom. The zero-order chi connectivity index (χ0) is 11.1. The first kappa shape index (κ1) is 12.4. The fourth-order valence-corrected chi connectivity index (χ4v) is 1.12. The monoisotopic (exact) mass is 198 g/mol. The fourth-order valence-electron chi connectivity index (χ4n) is 1.12. The molecule has 0 bridgehead atoms. The Morgan fingerprint density at radius 1 is 1.07 bits per heavy atom. The van der Waals surface area contributed by atoms with E-state index >= 15 is 0 Å². The van der Waals surface area contributed by atoms with Gasteiger partial charge in [0.05, 0.1) is 5.57 Å². The predicted octanol–water partition coefficient (Wildman–Crippen LogP) is 1.83. The van der Waals surface area contributed by atoms with Crippen molar-refractivity contribution in [3.8, 4) is 0 Å². The summed E-state index contributed by atoms with van der Waals surface area (Å²) in [6, 6.07) is 0. The quantitative estimate of drug-likeness (QED) is 0.522. The van der Waals surface area contributed by atoms with Crippen LogP contribution in [-0.2, 0) is 9.59 Å². The molecule has 78 valence electrons. The van der Waals surface area contributed by atoms with Gasteiger partial charge < -0.3 is 10.2 Å². The summed E-state index contributed by atoms with van der Waals surface area (Å²) in [7, 11) is 0. The lowest BCUT2D eigenvalue weighted by molar-refractivity contribution is -0.137. The van der Waals surface area contributed by atoms with E-state index in [-0.39, 0.29) is 18.4 Å². The van der Waals surface area contributed by atoms with Gasteiger partial charge in [-0.2, -0.15) is 0 Å². The van der Waals surface area contributed by atoms with Crippen molar-refractivity contribution in [3.63, 3.8) is 0 Å². The molecule has 14 heavy (non-hydrogen) atoms. The molecule has 0 aromatic heterocycles. The maximum absolute atomic E-state index is 10.7. The molecule has 0 aliphatic rings. The number of allylic oxidation sites excluding steroid dienone is 2. The van der Waals surface area contributed by atoms with E-state index in [1.165, 1.54) is 6.08 Å². The molecule has 0 aliphatic carbocycles. The van der Waals surface area contributed by atoms with Crippen LogP contribution in [0.15, 0.2) is 23.3 Å². The molecule has 0 amide bonds. The lowest BCUT2D eigenvalue weighted by Gasteiger charge is -2.05. The summed E-state index contributed by atoms with van der Waals surface area (Å²) in [5.74, 6) is -1.95. The molecule has 0 spiro atoms. The number of hydrogen-bond acceptors (Lipinski definition) is 2. The van der Waals surface area contributed by atoms with E-state index in [1.807, 2.05) is 0 Å². The van der Waals surface area contributed by atoms with Crippen LogP contribution in [0, 0.1) is 0 Å². The molecule has 0 saturated carbocycles. The average Bonchev–Trinajstić information content (AvgIpc) is 2.10. The fraction of sp³-hybridized carbons (Fsp3) is 0.400. The van der Waals surface area contributed by atoms with Gasteiger partial charge in [0.1, 0.15) is 0 Å². The Balaban J connectivity index is 4.57. The lowest BCUT2D eigenvalue weighted by Crippen LogP contribution is -2.05. The summed E-state index contributed by atoms with van der Waals surface area (Å²) < 4.78 is 0. The summed E-state index contributed by atoms with van der Waals surface area (Å²) in [6.07, 6.45) is 3.30. The van der Waals surface area contributed by atoms with Crippen LogP contribution in [0.25, 0.3) is 0 Å². The number of hydrogen-bond donors (Lipinski definition) is 2. The van der Waals surface area contributed by atoms with Crippen LogP contribution in [0.5, 0.6) is 0 Å². The normalized spacial score (nSPS) is 12.7. The van der Waals surface area contributed by atoms with E-state index in [9.17, 15) is 9.59 Å². The second-order valence-corrected chi connectivity index (χ2v) is 2.72. The van der Waals surface area contributed by atoms with Gasteiger partial charge >= 0.3 is 11.9 Å².